The normalized spacial score (nSPS) is 16.7. The number of hydrogen-bond acceptors (Lipinski definition) is 4. The van der Waals surface area contributed by atoms with Crippen LogP contribution in [0.3, 0.4) is 0 Å². The van der Waals surface area contributed by atoms with Crippen LogP contribution in [0, 0.1) is 5.41 Å². The standard InChI is InChI=1S/C18H24N4O2/c1-24-14-18(7-10-19-11-8-18)13-20-17(23)15-3-5-16(6-4-15)22-12-2-9-21-22/h2-6,9,12,19H,7-8,10-11,13-14H2,1H3,(H,20,23). The van der Waals surface area contributed by atoms with Gasteiger partial charge in [-0.1, -0.05) is 0 Å². The van der Waals surface area contributed by atoms with Gasteiger partial charge in [-0.2, -0.15) is 5.10 Å². The second-order valence-electron chi connectivity index (χ2n) is 6.36. The molecule has 1 amide bonds. The van der Waals surface area contributed by atoms with Gasteiger partial charge in [-0.3, -0.25) is 4.79 Å². The summed E-state index contributed by atoms with van der Waals surface area (Å²) < 4.78 is 7.16. The fourth-order valence-corrected chi connectivity index (χ4v) is 3.19. The summed E-state index contributed by atoms with van der Waals surface area (Å²) in [6, 6.07) is 9.33. The van der Waals surface area contributed by atoms with E-state index < -0.39 is 0 Å². The van der Waals surface area contributed by atoms with Crippen LogP contribution in [0.25, 0.3) is 5.69 Å². The number of methoxy groups -OCH3 is 1. The number of aromatic nitrogens is 2. The van der Waals surface area contributed by atoms with Crippen molar-refractivity contribution in [3.63, 3.8) is 0 Å². The topological polar surface area (TPSA) is 68.2 Å². The highest BCUT2D eigenvalue weighted by molar-refractivity contribution is 5.94. The summed E-state index contributed by atoms with van der Waals surface area (Å²) >= 11 is 0. The molecule has 6 heteroatoms. The van der Waals surface area contributed by atoms with Crippen molar-refractivity contribution in [2.75, 3.05) is 33.4 Å². The highest BCUT2D eigenvalue weighted by atomic mass is 16.5. The van der Waals surface area contributed by atoms with Gasteiger partial charge in [0.15, 0.2) is 0 Å². The minimum Gasteiger partial charge on any atom is -0.384 e. The number of nitrogens with zero attached hydrogens (tertiary/aromatic N) is 2. The lowest BCUT2D eigenvalue weighted by atomic mass is 9.79. The third kappa shape index (κ3) is 3.83. The van der Waals surface area contributed by atoms with Crippen LogP contribution in [0.2, 0.25) is 0 Å². The number of nitrogens with one attached hydrogen (secondary N) is 2. The Balaban J connectivity index is 1.62. The Morgan fingerprint density at radius 1 is 1.33 bits per heavy atom. The van der Waals surface area contributed by atoms with Crippen molar-refractivity contribution in [3.8, 4) is 5.69 Å². The molecule has 1 aliphatic heterocycles. The first-order valence-electron chi connectivity index (χ1n) is 8.30. The zero-order valence-electron chi connectivity index (χ0n) is 14.0. The fraction of sp³-hybridized carbons (Fsp3) is 0.444. The monoisotopic (exact) mass is 328 g/mol. The number of ether oxygens (including phenoxy) is 1. The SMILES string of the molecule is COCC1(CNC(=O)c2ccc(-n3cccn3)cc2)CCNCC1. The van der Waals surface area contributed by atoms with Crippen LogP contribution in [-0.4, -0.2) is 49.0 Å². The molecule has 0 saturated carbocycles. The number of amides is 1. The molecular formula is C18H24N4O2. The van der Waals surface area contributed by atoms with Crippen molar-refractivity contribution in [1.29, 1.82) is 0 Å². The lowest BCUT2D eigenvalue weighted by molar-refractivity contribution is 0.0512. The molecule has 1 aromatic carbocycles. The maximum atomic E-state index is 12.4. The van der Waals surface area contributed by atoms with Gasteiger partial charge in [0.05, 0.1) is 12.3 Å². The summed E-state index contributed by atoms with van der Waals surface area (Å²) in [5, 5.41) is 10.6. The highest BCUT2D eigenvalue weighted by Crippen LogP contribution is 2.28. The molecule has 128 valence electrons. The van der Waals surface area contributed by atoms with Gasteiger partial charge in [-0.25, -0.2) is 4.68 Å². The Morgan fingerprint density at radius 2 is 2.08 bits per heavy atom. The van der Waals surface area contributed by atoms with Crippen LogP contribution in [-0.2, 0) is 4.74 Å². The van der Waals surface area contributed by atoms with E-state index in [0.29, 0.717) is 18.7 Å². The predicted octanol–water partition coefficient (Wildman–Crippen LogP) is 1.62. The molecule has 1 saturated heterocycles. The summed E-state index contributed by atoms with van der Waals surface area (Å²) in [6.07, 6.45) is 5.63. The average molecular weight is 328 g/mol. The molecular weight excluding hydrogens is 304 g/mol. The van der Waals surface area contributed by atoms with Crippen LogP contribution in [0.5, 0.6) is 0 Å². The maximum Gasteiger partial charge on any atom is 0.251 e. The number of carbonyl (C=O) groups excluding carboxylic acids is 1. The van der Waals surface area contributed by atoms with E-state index in [2.05, 4.69) is 15.7 Å². The van der Waals surface area contributed by atoms with E-state index in [1.54, 1.807) is 18.0 Å². The molecule has 0 radical (unpaired) electrons. The number of rotatable bonds is 6. The molecule has 1 aromatic heterocycles. The second-order valence-corrected chi connectivity index (χ2v) is 6.36. The first kappa shape index (κ1) is 16.7. The molecule has 2 N–H and O–H groups in total. The van der Waals surface area contributed by atoms with Crippen molar-refractivity contribution in [2.45, 2.75) is 12.8 Å². The van der Waals surface area contributed by atoms with E-state index in [9.17, 15) is 4.79 Å². The minimum absolute atomic E-state index is 0.0324. The van der Waals surface area contributed by atoms with E-state index in [1.165, 1.54) is 0 Å². The zero-order valence-corrected chi connectivity index (χ0v) is 14.0. The molecule has 6 nitrogen and oxygen atoms in total. The Morgan fingerprint density at radius 3 is 2.71 bits per heavy atom. The van der Waals surface area contributed by atoms with Gasteiger partial charge in [-0.05, 0) is 56.3 Å². The Labute approximate surface area is 142 Å². The van der Waals surface area contributed by atoms with Gasteiger partial charge in [0.2, 0.25) is 0 Å². The van der Waals surface area contributed by atoms with Crippen molar-refractivity contribution in [3.05, 3.63) is 48.3 Å². The summed E-state index contributed by atoms with van der Waals surface area (Å²) in [4.78, 5) is 12.4. The predicted molar refractivity (Wildman–Crippen MR) is 92.3 cm³/mol. The number of carbonyl (C=O) groups is 1. The van der Waals surface area contributed by atoms with Gasteiger partial charge >= 0.3 is 0 Å². The Bertz CT molecular complexity index is 641. The summed E-state index contributed by atoms with van der Waals surface area (Å²) in [6.45, 7) is 3.26. The quantitative estimate of drug-likeness (QED) is 0.845. The highest BCUT2D eigenvalue weighted by Gasteiger charge is 2.32. The Hall–Kier alpha value is -2.18. The van der Waals surface area contributed by atoms with Crippen LogP contribution >= 0.6 is 0 Å². The summed E-state index contributed by atoms with van der Waals surface area (Å²) in [5.41, 5.74) is 1.63. The van der Waals surface area contributed by atoms with Crippen LogP contribution in [0.15, 0.2) is 42.7 Å². The van der Waals surface area contributed by atoms with E-state index in [4.69, 9.17) is 4.74 Å². The first-order valence-corrected chi connectivity index (χ1v) is 8.30. The van der Waals surface area contributed by atoms with Gasteiger partial charge < -0.3 is 15.4 Å². The molecule has 0 bridgehead atoms. The minimum atomic E-state index is -0.0453. The van der Waals surface area contributed by atoms with E-state index >= 15 is 0 Å². The van der Waals surface area contributed by atoms with E-state index in [-0.39, 0.29) is 11.3 Å². The summed E-state index contributed by atoms with van der Waals surface area (Å²) in [5.74, 6) is -0.0453. The van der Waals surface area contributed by atoms with Gasteiger partial charge in [0.1, 0.15) is 0 Å². The fourth-order valence-electron chi connectivity index (χ4n) is 3.19. The molecule has 0 aliphatic carbocycles. The average Bonchev–Trinajstić information content (AvgIpc) is 3.16. The lowest BCUT2D eigenvalue weighted by Gasteiger charge is -2.37. The molecule has 2 aromatic rings. The summed E-state index contributed by atoms with van der Waals surface area (Å²) in [7, 11) is 1.72. The van der Waals surface area contributed by atoms with Crippen molar-refractivity contribution >= 4 is 5.91 Å². The van der Waals surface area contributed by atoms with Crippen LogP contribution < -0.4 is 10.6 Å². The lowest BCUT2D eigenvalue weighted by Crippen LogP contribution is -2.47. The number of hydrogen-bond donors (Lipinski definition) is 2. The van der Waals surface area contributed by atoms with Gasteiger partial charge in [0, 0.05) is 37.0 Å². The van der Waals surface area contributed by atoms with Crippen LogP contribution in [0.1, 0.15) is 23.2 Å². The Kier molecular flexibility index (Phi) is 5.27. The number of piperidine rings is 1. The van der Waals surface area contributed by atoms with Gasteiger partial charge in [-0.15, -0.1) is 0 Å². The molecule has 24 heavy (non-hydrogen) atoms. The van der Waals surface area contributed by atoms with Crippen LogP contribution in [0.4, 0.5) is 0 Å². The van der Waals surface area contributed by atoms with Gasteiger partial charge in [0.25, 0.3) is 5.91 Å². The van der Waals surface area contributed by atoms with Crippen molar-refractivity contribution in [1.82, 2.24) is 20.4 Å². The number of benzene rings is 1. The first-order chi connectivity index (χ1) is 11.7. The smallest absolute Gasteiger partial charge is 0.251 e. The maximum absolute atomic E-state index is 12.4. The molecule has 3 rings (SSSR count). The molecule has 2 heterocycles. The molecule has 0 spiro atoms. The zero-order chi connectivity index (χ0) is 16.8. The third-order valence-electron chi connectivity index (χ3n) is 4.64. The molecule has 1 aliphatic rings. The van der Waals surface area contributed by atoms with Crippen molar-refractivity contribution < 1.29 is 9.53 Å². The third-order valence-corrected chi connectivity index (χ3v) is 4.64. The van der Waals surface area contributed by atoms with E-state index in [1.807, 2.05) is 36.5 Å². The van der Waals surface area contributed by atoms with E-state index in [0.717, 1.165) is 31.6 Å². The molecule has 0 atom stereocenters. The molecule has 0 unspecified atom stereocenters. The van der Waals surface area contributed by atoms with Crippen molar-refractivity contribution in [2.24, 2.45) is 5.41 Å². The second kappa shape index (κ2) is 7.59. The largest absolute Gasteiger partial charge is 0.384 e. The molecule has 1 fully saturated rings.